The fourth-order valence-electron chi connectivity index (χ4n) is 2.86. The van der Waals surface area contributed by atoms with Crippen LogP contribution in [0.15, 0.2) is 64.0 Å². The molecule has 0 bridgehead atoms. The van der Waals surface area contributed by atoms with Crippen LogP contribution in [0.25, 0.3) is 22.6 Å². The Labute approximate surface area is 175 Å². The lowest BCUT2D eigenvalue weighted by Crippen LogP contribution is -1.94. The number of aromatic hydroxyl groups is 1. The molecule has 1 heterocycles. The Bertz CT molecular complexity index is 1270. The molecule has 3 aromatic carbocycles. The van der Waals surface area contributed by atoms with Crippen molar-refractivity contribution in [2.45, 2.75) is 0 Å². The number of halogens is 1. The quantitative estimate of drug-likeness (QED) is 0.257. The first-order valence-electron chi connectivity index (χ1n) is 8.71. The van der Waals surface area contributed by atoms with E-state index in [1.54, 1.807) is 24.3 Å². The summed E-state index contributed by atoms with van der Waals surface area (Å²) in [6, 6.07) is 14.7. The Morgan fingerprint density at radius 2 is 2.03 bits per heavy atom. The van der Waals surface area contributed by atoms with E-state index in [0.717, 1.165) is 6.07 Å². The number of benzene rings is 3. The number of hydrogen-bond acceptors (Lipinski definition) is 7. The molecular formula is C21H14ClN3O5. The molecule has 0 saturated heterocycles. The van der Waals surface area contributed by atoms with Crippen LogP contribution < -0.4 is 4.74 Å². The summed E-state index contributed by atoms with van der Waals surface area (Å²) in [5.74, 6) is 0.0759. The standard InChI is InChI=1S/C21H14ClN3O5/c1-29-19-10-14(25(27)28)8-12(20(19)26)11-23-13-6-7-16(22)15(9-13)21-24-17-4-2-3-5-18(17)30-21/h2-11,26H,1H3. The molecule has 0 amide bonds. The maximum absolute atomic E-state index is 11.1. The van der Waals surface area contributed by atoms with Crippen molar-refractivity contribution in [1.82, 2.24) is 4.98 Å². The van der Waals surface area contributed by atoms with E-state index in [0.29, 0.717) is 33.3 Å². The van der Waals surface area contributed by atoms with Gasteiger partial charge in [-0.25, -0.2) is 4.98 Å². The Kier molecular flexibility index (Phi) is 5.07. The van der Waals surface area contributed by atoms with Gasteiger partial charge in [0.05, 0.1) is 34.4 Å². The van der Waals surface area contributed by atoms with Gasteiger partial charge in [-0.2, -0.15) is 0 Å². The zero-order chi connectivity index (χ0) is 21.3. The molecule has 30 heavy (non-hydrogen) atoms. The van der Waals surface area contributed by atoms with E-state index in [1.807, 2.05) is 18.2 Å². The van der Waals surface area contributed by atoms with Crippen molar-refractivity contribution in [1.29, 1.82) is 0 Å². The van der Waals surface area contributed by atoms with Crippen LogP contribution in [0.1, 0.15) is 5.56 Å². The minimum absolute atomic E-state index is 0.0195. The number of fused-ring (bicyclic) bond motifs is 1. The average molecular weight is 424 g/mol. The molecule has 0 aliphatic heterocycles. The minimum atomic E-state index is -0.576. The molecule has 9 heteroatoms. The molecule has 0 aliphatic carbocycles. The second-order valence-electron chi connectivity index (χ2n) is 6.25. The molecule has 8 nitrogen and oxygen atoms in total. The maximum atomic E-state index is 11.1. The van der Waals surface area contributed by atoms with Gasteiger partial charge in [-0.05, 0) is 30.3 Å². The molecule has 0 aliphatic rings. The van der Waals surface area contributed by atoms with Crippen molar-refractivity contribution >= 4 is 40.3 Å². The van der Waals surface area contributed by atoms with Gasteiger partial charge in [0.25, 0.3) is 5.69 Å². The van der Waals surface area contributed by atoms with E-state index in [9.17, 15) is 15.2 Å². The van der Waals surface area contributed by atoms with Gasteiger partial charge in [0.2, 0.25) is 5.89 Å². The molecule has 0 radical (unpaired) electrons. The number of hydrogen-bond donors (Lipinski definition) is 1. The van der Waals surface area contributed by atoms with Gasteiger partial charge in [-0.3, -0.25) is 15.1 Å². The van der Waals surface area contributed by atoms with Crippen LogP contribution in [0.5, 0.6) is 11.5 Å². The summed E-state index contributed by atoms with van der Waals surface area (Å²) in [6.07, 6.45) is 1.31. The summed E-state index contributed by atoms with van der Waals surface area (Å²) in [5.41, 5.74) is 2.27. The molecule has 0 atom stereocenters. The van der Waals surface area contributed by atoms with Crippen molar-refractivity contribution < 1.29 is 19.2 Å². The molecule has 1 aromatic heterocycles. The Morgan fingerprint density at radius 1 is 1.23 bits per heavy atom. The lowest BCUT2D eigenvalue weighted by atomic mass is 10.1. The lowest BCUT2D eigenvalue weighted by Gasteiger charge is -2.06. The molecule has 150 valence electrons. The van der Waals surface area contributed by atoms with Crippen LogP contribution >= 0.6 is 11.6 Å². The van der Waals surface area contributed by atoms with Crippen molar-refractivity contribution in [3.63, 3.8) is 0 Å². The summed E-state index contributed by atoms with van der Waals surface area (Å²) < 4.78 is 10.8. The molecule has 0 unspecified atom stereocenters. The van der Waals surface area contributed by atoms with E-state index in [-0.39, 0.29) is 22.7 Å². The zero-order valence-electron chi connectivity index (χ0n) is 15.6. The highest BCUT2D eigenvalue weighted by Crippen LogP contribution is 2.35. The number of oxazole rings is 1. The van der Waals surface area contributed by atoms with Gasteiger partial charge in [0.1, 0.15) is 5.52 Å². The van der Waals surface area contributed by atoms with E-state index in [1.165, 1.54) is 19.4 Å². The third-order valence-corrected chi connectivity index (χ3v) is 4.68. The topological polar surface area (TPSA) is 111 Å². The number of ether oxygens (including phenoxy) is 1. The molecule has 0 fully saturated rings. The Hall–Kier alpha value is -3.91. The third kappa shape index (κ3) is 3.68. The normalized spacial score (nSPS) is 11.3. The second-order valence-corrected chi connectivity index (χ2v) is 6.66. The summed E-state index contributed by atoms with van der Waals surface area (Å²) in [5, 5.41) is 21.8. The van der Waals surface area contributed by atoms with Crippen molar-refractivity contribution in [3.05, 3.63) is 75.3 Å². The smallest absolute Gasteiger partial charge is 0.274 e. The van der Waals surface area contributed by atoms with Gasteiger partial charge >= 0.3 is 0 Å². The third-order valence-electron chi connectivity index (χ3n) is 4.35. The predicted molar refractivity (Wildman–Crippen MR) is 113 cm³/mol. The van der Waals surface area contributed by atoms with Gasteiger partial charge in [0.15, 0.2) is 17.1 Å². The molecule has 4 rings (SSSR count). The predicted octanol–water partition coefficient (Wildman–Crippen LogP) is 5.52. The van der Waals surface area contributed by atoms with Crippen LogP contribution in [-0.2, 0) is 0 Å². The fourth-order valence-corrected chi connectivity index (χ4v) is 3.06. The number of non-ortho nitro benzene ring substituents is 1. The van der Waals surface area contributed by atoms with Crippen LogP contribution in [0.4, 0.5) is 11.4 Å². The van der Waals surface area contributed by atoms with E-state index >= 15 is 0 Å². The summed E-state index contributed by atoms with van der Waals surface area (Å²) in [4.78, 5) is 19.3. The number of nitro groups is 1. The first-order valence-corrected chi connectivity index (χ1v) is 9.09. The van der Waals surface area contributed by atoms with Gasteiger partial charge < -0.3 is 14.3 Å². The Morgan fingerprint density at radius 3 is 2.77 bits per heavy atom. The minimum Gasteiger partial charge on any atom is -0.504 e. The molecule has 0 saturated carbocycles. The average Bonchev–Trinajstić information content (AvgIpc) is 3.17. The number of rotatable bonds is 5. The number of methoxy groups -OCH3 is 1. The molecular weight excluding hydrogens is 410 g/mol. The van der Waals surface area contributed by atoms with E-state index in [4.69, 9.17) is 20.8 Å². The van der Waals surface area contributed by atoms with Crippen LogP contribution in [0, 0.1) is 10.1 Å². The number of para-hydroxylation sites is 2. The first kappa shape index (κ1) is 19.4. The highest BCUT2D eigenvalue weighted by Gasteiger charge is 2.16. The molecule has 0 spiro atoms. The van der Waals surface area contributed by atoms with Crippen molar-refractivity contribution in [2.75, 3.05) is 7.11 Å². The lowest BCUT2D eigenvalue weighted by molar-refractivity contribution is -0.385. The van der Waals surface area contributed by atoms with E-state index < -0.39 is 4.92 Å². The molecule has 4 aromatic rings. The fraction of sp³-hybridized carbons (Fsp3) is 0.0476. The number of aromatic nitrogens is 1. The van der Waals surface area contributed by atoms with Gasteiger partial charge in [-0.15, -0.1) is 0 Å². The van der Waals surface area contributed by atoms with Crippen LogP contribution in [-0.4, -0.2) is 28.3 Å². The highest BCUT2D eigenvalue weighted by atomic mass is 35.5. The van der Waals surface area contributed by atoms with Crippen LogP contribution in [0.2, 0.25) is 5.02 Å². The summed E-state index contributed by atoms with van der Waals surface area (Å²) >= 11 is 6.31. The Balaban J connectivity index is 1.72. The van der Waals surface area contributed by atoms with Crippen LogP contribution in [0.3, 0.4) is 0 Å². The van der Waals surface area contributed by atoms with Gasteiger partial charge in [-0.1, -0.05) is 23.7 Å². The number of nitrogens with zero attached hydrogens (tertiary/aromatic N) is 3. The number of aliphatic imine (C=N–C) groups is 1. The molecule has 1 N–H and O–H groups in total. The van der Waals surface area contributed by atoms with Gasteiger partial charge in [0, 0.05) is 17.8 Å². The number of nitro benzene ring substituents is 1. The zero-order valence-corrected chi connectivity index (χ0v) is 16.3. The second kappa shape index (κ2) is 7.84. The summed E-state index contributed by atoms with van der Waals surface area (Å²) in [7, 11) is 1.31. The van der Waals surface area contributed by atoms with E-state index in [2.05, 4.69) is 9.98 Å². The summed E-state index contributed by atoms with van der Waals surface area (Å²) in [6.45, 7) is 0. The largest absolute Gasteiger partial charge is 0.504 e. The number of phenolic OH excluding ortho intramolecular Hbond substituents is 1. The van der Waals surface area contributed by atoms with Crippen molar-refractivity contribution in [2.24, 2.45) is 4.99 Å². The number of phenols is 1. The maximum Gasteiger partial charge on any atom is 0.274 e. The first-order chi connectivity index (χ1) is 14.5. The monoisotopic (exact) mass is 423 g/mol. The van der Waals surface area contributed by atoms with Crippen molar-refractivity contribution in [3.8, 4) is 23.0 Å². The highest BCUT2D eigenvalue weighted by molar-refractivity contribution is 6.33. The SMILES string of the molecule is COc1cc([N+](=O)[O-])cc(C=Nc2ccc(Cl)c(-c3nc4ccccc4o3)c2)c1O.